The summed E-state index contributed by atoms with van der Waals surface area (Å²) >= 11 is 0. The molecular formula is C13H19FN2O2. The van der Waals surface area contributed by atoms with Crippen molar-refractivity contribution in [3.8, 4) is 5.75 Å². The summed E-state index contributed by atoms with van der Waals surface area (Å²) in [6, 6.07) is 4.28. The number of rotatable bonds is 5. The van der Waals surface area contributed by atoms with E-state index in [-0.39, 0.29) is 30.3 Å². The van der Waals surface area contributed by atoms with Crippen LogP contribution in [0.2, 0.25) is 0 Å². The van der Waals surface area contributed by atoms with Gasteiger partial charge in [0.2, 0.25) is 0 Å². The highest BCUT2D eigenvalue weighted by atomic mass is 19.1. The predicted molar refractivity (Wildman–Crippen MR) is 67.8 cm³/mol. The third-order valence-corrected chi connectivity index (χ3v) is 2.29. The van der Waals surface area contributed by atoms with Crippen molar-refractivity contribution in [2.45, 2.75) is 32.9 Å². The average Bonchev–Trinajstić information content (AvgIpc) is 2.26. The monoisotopic (exact) mass is 254 g/mol. The van der Waals surface area contributed by atoms with Gasteiger partial charge in [-0.3, -0.25) is 4.79 Å². The summed E-state index contributed by atoms with van der Waals surface area (Å²) in [6.07, 6.45) is 0. The molecule has 0 aromatic heterocycles. The molecule has 0 aliphatic carbocycles. The van der Waals surface area contributed by atoms with Gasteiger partial charge in [0.15, 0.2) is 18.2 Å². The second-order valence-electron chi connectivity index (χ2n) is 4.49. The molecule has 5 heteroatoms. The Kier molecular flexibility index (Phi) is 5.09. The fourth-order valence-corrected chi connectivity index (χ4v) is 1.42. The number of hydrogen-bond donors (Lipinski definition) is 2. The predicted octanol–water partition coefficient (Wildman–Crippen LogP) is 1.75. The molecular weight excluding hydrogens is 235 g/mol. The SMILES string of the molecule is CC(C)NC(=O)COc1ccc(C(C)N)cc1F. The highest BCUT2D eigenvalue weighted by molar-refractivity contribution is 5.77. The Bertz CT molecular complexity index is 419. The lowest BCUT2D eigenvalue weighted by Gasteiger charge is -2.11. The zero-order chi connectivity index (χ0) is 13.7. The maximum atomic E-state index is 13.6. The van der Waals surface area contributed by atoms with Crippen molar-refractivity contribution >= 4 is 5.91 Å². The van der Waals surface area contributed by atoms with E-state index in [9.17, 15) is 9.18 Å². The van der Waals surface area contributed by atoms with Gasteiger partial charge in [-0.05, 0) is 38.5 Å². The fourth-order valence-electron chi connectivity index (χ4n) is 1.42. The van der Waals surface area contributed by atoms with Crippen LogP contribution in [0, 0.1) is 5.82 Å². The Labute approximate surface area is 106 Å². The largest absolute Gasteiger partial charge is 0.481 e. The Morgan fingerprint density at radius 3 is 2.61 bits per heavy atom. The summed E-state index contributed by atoms with van der Waals surface area (Å²) in [5, 5.41) is 2.66. The van der Waals surface area contributed by atoms with E-state index >= 15 is 0 Å². The number of hydrogen-bond acceptors (Lipinski definition) is 3. The number of ether oxygens (including phenoxy) is 1. The van der Waals surface area contributed by atoms with Crippen LogP contribution < -0.4 is 15.8 Å². The van der Waals surface area contributed by atoms with E-state index in [1.54, 1.807) is 13.0 Å². The van der Waals surface area contributed by atoms with Crippen molar-refractivity contribution in [2.24, 2.45) is 5.73 Å². The van der Waals surface area contributed by atoms with E-state index in [1.165, 1.54) is 12.1 Å². The molecule has 0 saturated carbocycles. The molecule has 1 atom stereocenters. The van der Waals surface area contributed by atoms with Crippen LogP contribution in [0.5, 0.6) is 5.75 Å². The van der Waals surface area contributed by atoms with Crippen molar-refractivity contribution < 1.29 is 13.9 Å². The number of carbonyl (C=O) groups is 1. The van der Waals surface area contributed by atoms with Gasteiger partial charge in [0.25, 0.3) is 5.91 Å². The highest BCUT2D eigenvalue weighted by Gasteiger charge is 2.09. The maximum Gasteiger partial charge on any atom is 0.258 e. The van der Waals surface area contributed by atoms with E-state index in [2.05, 4.69) is 5.32 Å². The first-order valence-corrected chi connectivity index (χ1v) is 5.87. The normalized spacial score (nSPS) is 12.3. The Hall–Kier alpha value is -1.62. The van der Waals surface area contributed by atoms with Crippen LogP contribution in [0.15, 0.2) is 18.2 Å². The molecule has 0 aliphatic heterocycles. The number of halogens is 1. The van der Waals surface area contributed by atoms with Crippen molar-refractivity contribution in [3.63, 3.8) is 0 Å². The zero-order valence-electron chi connectivity index (χ0n) is 10.9. The fraction of sp³-hybridized carbons (Fsp3) is 0.462. The standard InChI is InChI=1S/C13H19FN2O2/c1-8(2)16-13(17)7-18-12-5-4-10(9(3)15)6-11(12)14/h4-6,8-9H,7,15H2,1-3H3,(H,16,17). The minimum absolute atomic E-state index is 0.0337. The van der Waals surface area contributed by atoms with Crippen LogP contribution in [-0.4, -0.2) is 18.6 Å². The lowest BCUT2D eigenvalue weighted by Crippen LogP contribution is -2.34. The van der Waals surface area contributed by atoms with Crippen LogP contribution in [0.4, 0.5) is 4.39 Å². The van der Waals surface area contributed by atoms with Crippen molar-refractivity contribution in [3.05, 3.63) is 29.6 Å². The molecule has 0 fully saturated rings. The van der Waals surface area contributed by atoms with Gasteiger partial charge in [-0.2, -0.15) is 0 Å². The highest BCUT2D eigenvalue weighted by Crippen LogP contribution is 2.20. The Morgan fingerprint density at radius 1 is 1.44 bits per heavy atom. The smallest absolute Gasteiger partial charge is 0.258 e. The second kappa shape index (κ2) is 6.35. The van der Waals surface area contributed by atoms with E-state index in [0.29, 0.717) is 5.56 Å². The zero-order valence-corrected chi connectivity index (χ0v) is 10.9. The summed E-state index contributed by atoms with van der Waals surface area (Å²) in [6.45, 7) is 5.25. The first-order chi connectivity index (χ1) is 8.40. The number of nitrogens with two attached hydrogens (primary N) is 1. The molecule has 0 radical (unpaired) electrons. The third-order valence-electron chi connectivity index (χ3n) is 2.29. The van der Waals surface area contributed by atoms with Crippen LogP contribution in [0.1, 0.15) is 32.4 Å². The number of carbonyl (C=O) groups excluding carboxylic acids is 1. The van der Waals surface area contributed by atoms with Crippen molar-refractivity contribution in [1.29, 1.82) is 0 Å². The van der Waals surface area contributed by atoms with E-state index in [0.717, 1.165) is 0 Å². The van der Waals surface area contributed by atoms with Crippen LogP contribution in [0.3, 0.4) is 0 Å². The molecule has 0 bridgehead atoms. The summed E-state index contributed by atoms with van der Waals surface area (Å²) < 4.78 is 18.7. The number of amides is 1. The molecule has 100 valence electrons. The van der Waals surface area contributed by atoms with Crippen molar-refractivity contribution in [1.82, 2.24) is 5.32 Å². The van der Waals surface area contributed by atoms with E-state index in [1.807, 2.05) is 13.8 Å². The molecule has 1 aromatic carbocycles. The van der Waals surface area contributed by atoms with Gasteiger partial charge in [-0.1, -0.05) is 6.07 Å². The second-order valence-corrected chi connectivity index (χ2v) is 4.49. The average molecular weight is 254 g/mol. The quantitative estimate of drug-likeness (QED) is 0.841. The minimum atomic E-state index is -0.512. The summed E-state index contributed by atoms with van der Waals surface area (Å²) in [5.41, 5.74) is 6.32. The lowest BCUT2D eigenvalue weighted by atomic mass is 10.1. The molecule has 1 unspecified atom stereocenters. The molecule has 1 rings (SSSR count). The van der Waals surface area contributed by atoms with Gasteiger partial charge in [-0.25, -0.2) is 4.39 Å². The topological polar surface area (TPSA) is 64.3 Å². The molecule has 18 heavy (non-hydrogen) atoms. The Morgan fingerprint density at radius 2 is 2.11 bits per heavy atom. The summed E-state index contributed by atoms with van der Waals surface area (Å²) in [7, 11) is 0. The molecule has 1 amide bonds. The maximum absolute atomic E-state index is 13.6. The minimum Gasteiger partial charge on any atom is -0.481 e. The van der Waals surface area contributed by atoms with E-state index < -0.39 is 5.82 Å². The van der Waals surface area contributed by atoms with Crippen LogP contribution >= 0.6 is 0 Å². The van der Waals surface area contributed by atoms with E-state index in [4.69, 9.17) is 10.5 Å². The Balaban J connectivity index is 2.60. The number of benzene rings is 1. The summed E-state index contributed by atoms with van der Waals surface area (Å²) in [4.78, 5) is 11.3. The van der Waals surface area contributed by atoms with Gasteiger partial charge in [0, 0.05) is 12.1 Å². The third kappa shape index (κ3) is 4.33. The lowest BCUT2D eigenvalue weighted by molar-refractivity contribution is -0.123. The van der Waals surface area contributed by atoms with Crippen molar-refractivity contribution in [2.75, 3.05) is 6.61 Å². The van der Waals surface area contributed by atoms with Crippen LogP contribution in [-0.2, 0) is 4.79 Å². The van der Waals surface area contributed by atoms with Gasteiger partial charge < -0.3 is 15.8 Å². The molecule has 3 N–H and O–H groups in total. The van der Waals surface area contributed by atoms with Crippen LogP contribution in [0.25, 0.3) is 0 Å². The van der Waals surface area contributed by atoms with Gasteiger partial charge >= 0.3 is 0 Å². The number of nitrogens with one attached hydrogen (secondary N) is 1. The molecule has 0 aliphatic rings. The van der Waals surface area contributed by atoms with Gasteiger partial charge in [0.05, 0.1) is 0 Å². The first-order valence-electron chi connectivity index (χ1n) is 5.87. The first kappa shape index (κ1) is 14.4. The van der Waals surface area contributed by atoms with Gasteiger partial charge in [-0.15, -0.1) is 0 Å². The van der Waals surface area contributed by atoms with Gasteiger partial charge in [0.1, 0.15) is 0 Å². The molecule has 0 spiro atoms. The molecule has 0 saturated heterocycles. The summed E-state index contributed by atoms with van der Waals surface area (Å²) in [5.74, 6) is -0.735. The molecule has 4 nitrogen and oxygen atoms in total. The molecule has 1 aromatic rings. The molecule has 0 heterocycles.